The Balaban J connectivity index is 1.92. The summed E-state index contributed by atoms with van der Waals surface area (Å²) in [5.74, 6) is 1.31. The summed E-state index contributed by atoms with van der Waals surface area (Å²) in [7, 11) is 2.02. The first-order valence-corrected chi connectivity index (χ1v) is 8.38. The van der Waals surface area contributed by atoms with Crippen LogP contribution in [0.3, 0.4) is 0 Å². The van der Waals surface area contributed by atoms with Crippen molar-refractivity contribution >= 4 is 27.7 Å². The van der Waals surface area contributed by atoms with Crippen molar-refractivity contribution in [3.63, 3.8) is 0 Å². The third-order valence-electron chi connectivity index (χ3n) is 3.59. The van der Waals surface area contributed by atoms with Crippen molar-refractivity contribution in [1.82, 2.24) is 15.1 Å². The lowest BCUT2D eigenvalue weighted by atomic mass is 10.1. The van der Waals surface area contributed by atoms with Gasteiger partial charge in [-0.05, 0) is 47.9 Å². The third kappa shape index (κ3) is 3.11. The van der Waals surface area contributed by atoms with E-state index in [1.807, 2.05) is 11.7 Å². The van der Waals surface area contributed by atoms with Crippen LogP contribution < -0.4 is 5.32 Å². The monoisotopic (exact) mass is 331 g/mol. The fourth-order valence-corrected chi connectivity index (χ4v) is 4.46. The van der Waals surface area contributed by atoms with Gasteiger partial charge in [-0.3, -0.25) is 4.68 Å². The number of aromatic nitrogens is 2. The number of hydrogen-bond acceptors (Lipinski definition) is 3. The summed E-state index contributed by atoms with van der Waals surface area (Å²) in [6.45, 7) is 6.48. The molecular weight excluding hydrogens is 310 g/mol. The van der Waals surface area contributed by atoms with Crippen LogP contribution in [0.15, 0.2) is 4.47 Å². The van der Waals surface area contributed by atoms with E-state index in [0.29, 0.717) is 4.75 Å². The molecule has 0 bridgehead atoms. The average molecular weight is 332 g/mol. The van der Waals surface area contributed by atoms with Gasteiger partial charge in [0.15, 0.2) is 0 Å². The van der Waals surface area contributed by atoms with Crippen LogP contribution in [-0.2, 0) is 20.0 Å². The van der Waals surface area contributed by atoms with Crippen molar-refractivity contribution in [2.45, 2.75) is 44.4 Å². The van der Waals surface area contributed by atoms with Crippen LogP contribution in [0.5, 0.6) is 0 Å². The molecular formula is C13H22BrN3S. The highest BCUT2D eigenvalue weighted by molar-refractivity contribution is 9.10. The van der Waals surface area contributed by atoms with Gasteiger partial charge >= 0.3 is 0 Å². The normalized spacial score (nSPS) is 23.8. The van der Waals surface area contributed by atoms with Crippen molar-refractivity contribution in [1.29, 1.82) is 0 Å². The maximum Gasteiger partial charge on any atom is 0.0767 e. The summed E-state index contributed by atoms with van der Waals surface area (Å²) in [5, 5.41) is 8.11. The lowest BCUT2D eigenvalue weighted by molar-refractivity contribution is 0.524. The number of nitrogens with one attached hydrogen (secondary N) is 1. The van der Waals surface area contributed by atoms with Gasteiger partial charge in [0.25, 0.3) is 0 Å². The Morgan fingerprint density at radius 1 is 1.56 bits per heavy atom. The third-order valence-corrected chi connectivity index (χ3v) is 6.05. The molecule has 0 aliphatic carbocycles. The molecule has 2 heterocycles. The van der Waals surface area contributed by atoms with Crippen molar-refractivity contribution < 1.29 is 0 Å². The van der Waals surface area contributed by atoms with Gasteiger partial charge in [0.1, 0.15) is 0 Å². The predicted octanol–water partition coefficient (Wildman–Crippen LogP) is 3.12. The molecule has 1 saturated heterocycles. The molecule has 1 N–H and O–H groups in total. The predicted molar refractivity (Wildman–Crippen MR) is 82.1 cm³/mol. The molecule has 18 heavy (non-hydrogen) atoms. The average Bonchev–Trinajstić information content (AvgIpc) is 2.87. The molecule has 0 radical (unpaired) electrons. The summed E-state index contributed by atoms with van der Waals surface area (Å²) >= 11 is 5.76. The van der Waals surface area contributed by atoms with E-state index in [2.05, 4.69) is 52.0 Å². The number of aryl methyl sites for hydroxylation is 2. The second kappa shape index (κ2) is 5.97. The topological polar surface area (TPSA) is 29.9 Å². The molecule has 1 aliphatic rings. The summed E-state index contributed by atoms with van der Waals surface area (Å²) < 4.78 is 3.59. The maximum atomic E-state index is 4.52. The van der Waals surface area contributed by atoms with Gasteiger partial charge in [-0.15, -0.1) is 0 Å². The highest BCUT2D eigenvalue weighted by Crippen LogP contribution is 2.37. The molecule has 0 amide bonds. The second-order valence-electron chi connectivity index (χ2n) is 5.19. The van der Waals surface area contributed by atoms with Gasteiger partial charge in [0.05, 0.1) is 15.9 Å². The van der Waals surface area contributed by atoms with Crippen molar-refractivity contribution in [3.05, 3.63) is 15.9 Å². The van der Waals surface area contributed by atoms with Crippen molar-refractivity contribution in [2.75, 3.05) is 12.3 Å². The van der Waals surface area contributed by atoms with E-state index in [9.17, 15) is 0 Å². The Labute approximate surface area is 122 Å². The van der Waals surface area contributed by atoms with Crippen LogP contribution in [0.4, 0.5) is 0 Å². The maximum absolute atomic E-state index is 4.52. The smallest absolute Gasteiger partial charge is 0.0767 e. The van der Waals surface area contributed by atoms with Gasteiger partial charge in [-0.1, -0.05) is 6.92 Å². The van der Waals surface area contributed by atoms with Gasteiger partial charge in [0.2, 0.25) is 0 Å². The first kappa shape index (κ1) is 14.4. The number of nitrogens with zero attached hydrogens (tertiary/aromatic N) is 2. The molecule has 1 fully saturated rings. The van der Waals surface area contributed by atoms with Gasteiger partial charge in [-0.2, -0.15) is 16.9 Å². The summed E-state index contributed by atoms with van der Waals surface area (Å²) in [6, 6.07) is 0. The minimum absolute atomic E-state index is 0.429. The van der Waals surface area contributed by atoms with E-state index in [1.165, 1.54) is 28.8 Å². The van der Waals surface area contributed by atoms with Gasteiger partial charge in [0, 0.05) is 24.9 Å². The van der Waals surface area contributed by atoms with E-state index in [-0.39, 0.29) is 0 Å². The van der Waals surface area contributed by atoms with E-state index in [4.69, 9.17) is 0 Å². The highest BCUT2D eigenvalue weighted by atomic mass is 79.9. The van der Waals surface area contributed by atoms with Crippen LogP contribution in [0, 0.1) is 0 Å². The van der Waals surface area contributed by atoms with Gasteiger partial charge < -0.3 is 5.32 Å². The first-order chi connectivity index (χ1) is 8.56. The number of halogens is 1. The quantitative estimate of drug-likeness (QED) is 0.898. The SMILES string of the molecule is CCc1nn(C)c(CNCC2(C)CCCS2)c1Br. The molecule has 2 rings (SSSR count). The molecule has 1 unspecified atom stereocenters. The van der Waals surface area contributed by atoms with Crippen LogP contribution in [-0.4, -0.2) is 26.8 Å². The number of thioether (sulfide) groups is 1. The molecule has 5 heteroatoms. The molecule has 0 spiro atoms. The Kier molecular flexibility index (Phi) is 4.78. The van der Waals surface area contributed by atoms with Crippen molar-refractivity contribution in [3.8, 4) is 0 Å². The Morgan fingerprint density at radius 2 is 2.33 bits per heavy atom. The largest absolute Gasteiger partial charge is 0.310 e. The van der Waals surface area contributed by atoms with E-state index < -0.39 is 0 Å². The number of hydrogen-bond donors (Lipinski definition) is 1. The lowest BCUT2D eigenvalue weighted by Gasteiger charge is -2.23. The zero-order valence-corrected chi connectivity index (χ0v) is 13.8. The number of rotatable bonds is 5. The molecule has 1 aromatic rings. The van der Waals surface area contributed by atoms with Crippen molar-refractivity contribution in [2.24, 2.45) is 7.05 Å². The Hall–Kier alpha value is -0.000000000000000111. The fraction of sp³-hybridized carbons (Fsp3) is 0.769. The lowest BCUT2D eigenvalue weighted by Crippen LogP contribution is -2.33. The van der Waals surface area contributed by atoms with Crippen LogP contribution in [0.2, 0.25) is 0 Å². The zero-order valence-electron chi connectivity index (χ0n) is 11.4. The van der Waals surface area contributed by atoms with Crippen LogP contribution >= 0.6 is 27.7 Å². The Bertz CT molecular complexity index is 411. The zero-order chi connectivity index (χ0) is 13.2. The fourth-order valence-electron chi connectivity index (χ4n) is 2.43. The van der Waals surface area contributed by atoms with E-state index >= 15 is 0 Å². The Morgan fingerprint density at radius 3 is 2.89 bits per heavy atom. The van der Waals surface area contributed by atoms with Crippen LogP contribution in [0.1, 0.15) is 38.1 Å². The van der Waals surface area contributed by atoms with E-state index in [0.717, 1.165) is 25.2 Å². The van der Waals surface area contributed by atoms with Gasteiger partial charge in [-0.25, -0.2) is 0 Å². The standard InChI is InChI=1S/C13H22BrN3S/c1-4-10-12(14)11(17(3)16-10)8-15-9-13(2)6-5-7-18-13/h15H,4-9H2,1-3H3. The minimum Gasteiger partial charge on any atom is -0.310 e. The summed E-state index contributed by atoms with van der Waals surface area (Å²) in [6.07, 6.45) is 3.66. The molecule has 102 valence electrons. The molecule has 1 aliphatic heterocycles. The minimum atomic E-state index is 0.429. The van der Waals surface area contributed by atoms with E-state index in [1.54, 1.807) is 0 Å². The molecule has 1 atom stereocenters. The second-order valence-corrected chi connectivity index (χ2v) is 7.67. The molecule has 0 saturated carbocycles. The molecule has 3 nitrogen and oxygen atoms in total. The highest BCUT2D eigenvalue weighted by Gasteiger charge is 2.28. The summed E-state index contributed by atoms with van der Waals surface area (Å²) in [5.41, 5.74) is 2.40. The van der Waals surface area contributed by atoms with Crippen LogP contribution in [0.25, 0.3) is 0 Å². The molecule has 0 aromatic carbocycles. The first-order valence-electron chi connectivity index (χ1n) is 6.60. The summed E-state index contributed by atoms with van der Waals surface area (Å²) in [4.78, 5) is 0. The molecule has 1 aromatic heterocycles.